The van der Waals surface area contributed by atoms with Crippen LogP contribution in [-0.4, -0.2) is 27.2 Å². The van der Waals surface area contributed by atoms with E-state index in [0.717, 1.165) is 11.1 Å². The van der Waals surface area contributed by atoms with Crippen LogP contribution in [0, 0.1) is 6.92 Å². The largest absolute Gasteiger partial charge is 0.496 e. The van der Waals surface area contributed by atoms with Gasteiger partial charge < -0.3 is 19.5 Å². The van der Waals surface area contributed by atoms with E-state index in [0.29, 0.717) is 22.9 Å². The number of nitrogens with one attached hydrogen (secondary N) is 1. The summed E-state index contributed by atoms with van der Waals surface area (Å²) in [4.78, 5) is 12.3. The van der Waals surface area contributed by atoms with Crippen LogP contribution < -0.4 is 19.5 Å². The lowest BCUT2D eigenvalue weighted by Gasteiger charge is -2.15. The molecule has 0 saturated carbocycles. The van der Waals surface area contributed by atoms with Gasteiger partial charge >= 0.3 is 0 Å². The molecule has 0 saturated heterocycles. The summed E-state index contributed by atoms with van der Waals surface area (Å²) in [5, 5.41) is 2.85. The quantitative estimate of drug-likeness (QED) is 0.889. The van der Waals surface area contributed by atoms with Crippen LogP contribution in [0.25, 0.3) is 0 Å². The van der Waals surface area contributed by atoms with E-state index in [-0.39, 0.29) is 12.3 Å². The van der Waals surface area contributed by atoms with Gasteiger partial charge in [0.1, 0.15) is 22.9 Å². The summed E-state index contributed by atoms with van der Waals surface area (Å²) in [6, 6.07) is 11.2. The minimum atomic E-state index is -0.143. The van der Waals surface area contributed by atoms with E-state index in [4.69, 9.17) is 14.2 Å². The lowest BCUT2D eigenvalue weighted by Crippen LogP contribution is -2.15. The summed E-state index contributed by atoms with van der Waals surface area (Å²) < 4.78 is 15.8. The average molecular weight is 315 g/mol. The third-order valence-electron chi connectivity index (χ3n) is 3.46. The monoisotopic (exact) mass is 315 g/mol. The normalized spacial score (nSPS) is 10.1. The second-order valence-corrected chi connectivity index (χ2v) is 5.12. The van der Waals surface area contributed by atoms with Crippen molar-refractivity contribution < 1.29 is 19.0 Å². The molecule has 0 aliphatic heterocycles. The maximum absolute atomic E-state index is 12.3. The molecule has 1 N–H and O–H groups in total. The molecule has 0 aromatic heterocycles. The molecule has 0 unspecified atom stereocenters. The second kappa shape index (κ2) is 7.54. The maximum Gasteiger partial charge on any atom is 0.228 e. The molecule has 0 spiro atoms. The van der Waals surface area contributed by atoms with Gasteiger partial charge in [-0.25, -0.2) is 0 Å². The highest BCUT2D eigenvalue weighted by Gasteiger charge is 2.16. The number of rotatable bonds is 6. The summed E-state index contributed by atoms with van der Waals surface area (Å²) >= 11 is 0. The first kappa shape index (κ1) is 16.7. The number of carbonyl (C=O) groups excluding carboxylic acids is 1. The van der Waals surface area contributed by atoms with Gasteiger partial charge in [-0.15, -0.1) is 0 Å². The number of hydrogen-bond donors (Lipinski definition) is 1. The van der Waals surface area contributed by atoms with Crippen molar-refractivity contribution in [1.29, 1.82) is 0 Å². The molecule has 1 amide bonds. The Hall–Kier alpha value is -2.69. The Morgan fingerprint density at radius 2 is 1.52 bits per heavy atom. The summed E-state index contributed by atoms with van der Waals surface area (Å²) in [7, 11) is 4.62. The van der Waals surface area contributed by atoms with Crippen molar-refractivity contribution in [2.24, 2.45) is 0 Å². The van der Waals surface area contributed by atoms with E-state index in [2.05, 4.69) is 5.32 Å². The zero-order valence-electron chi connectivity index (χ0n) is 13.8. The highest BCUT2D eigenvalue weighted by Crippen LogP contribution is 2.38. The fraction of sp³-hybridized carbons (Fsp3) is 0.278. The lowest BCUT2D eigenvalue weighted by atomic mass is 10.1. The van der Waals surface area contributed by atoms with E-state index < -0.39 is 0 Å². The second-order valence-electron chi connectivity index (χ2n) is 5.12. The number of methoxy groups -OCH3 is 3. The first-order valence-electron chi connectivity index (χ1n) is 7.22. The molecule has 0 heterocycles. The zero-order valence-corrected chi connectivity index (χ0v) is 13.8. The smallest absolute Gasteiger partial charge is 0.228 e. The van der Waals surface area contributed by atoms with Gasteiger partial charge in [-0.05, 0) is 12.5 Å². The van der Waals surface area contributed by atoms with Crippen molar-refractivity contribution in [1.82, 2.24) is 0 Å². The van der Waals surface area contributed by atoms with Crippen LogP contribution in [-0.2, 0) is 11.2 Å². The lowest BCUT2D eigenvalue weighted by molar-refractivity contribution is -0.115. The summed E-state index contributed by atoms with van der Waals surface area (Å²) in [6.45, 7) is 2.01. The minimum Gasteiger partial charge on any atom is -0.496 e. The Labute approximate surface area is 136 Å². The number of carbonyl (C=O) groups is 1. The molecule has 23 heavy (non-hydrogen) atoms. The standard InChI is InChI=1S/C18H21NO4/c1-12-5-7-13(8-6-12)9-17(20)19-18-15(22-3)10-14(21-2)11-16(18)23-4/h5-8,10-11H,9H2,1-4H3,(H,19,20). The zero-order chi connectivity index (χ0) is 16.8. The van der Waals surface area contributed by atoms with Gasteiger partial charge in [0, 0.05) is 12.1 Å². The van der Waals surface area contributed by atoms with Crippen molar-refractivity contribution in [3.8, 4) is 17.2 Å². The number of ether oxygens (including phenoxy) is 3. The van der Waals surface area contributed by atoms with Gasteiger partial charge in [-0.2, -0.15) is 0 Å². The number of anilines is 1. The molecular formula is C18H21NO4. The number of amides is 1. The third-order valence-corrected chi connectivity index (χ3v) is 3.46. The van der Waals surface area contributed by atoms with Crippen LogP contribution in [0.15, 0.2) is 36.4 Å². The molecule has 2 rings (SSSR count). The molecule has 122 valence electrons. The molecule has 0 aliphatic rings. The fourth-order valence-electron chi connectivity index (χ4n) is 2.20. The Kier molecular flexibility index (Phi) is 5.46. The highest BCUT2D eigenvalue weighted by atomic mass is 16.5. The molecular weight excluding hydrogens is 294 g/mol. The van der Waals surface area contributed by atoms with Crippen molar-refractivity contribution in [3.05, 3.63) is 47.5 Å². The van der Waals surface area contributed by atoms with Crippen molar-refractivity contribution >= 4 is 11.6 Å². The van der Waals surface area contributed by atoms with E-state index in [9.17, 15) is 4.79 Å². The fourth-order valence-corrected chi connectivity index (χ4v) is 2.20. The molecule has 2 aromatic rings. The van der Waals surface area contributed by atoms with Crippen molar-refractivity contribution in [2.75, 3.05) is 26.6 Å². The van der Waals surface area contributed by atoms with E-state index in [1.807, 2.05) is 31.2 Å². The van der Waals surface area contributed by atoms with E-state index in [1.54, 1.807) is 19.2 Å². The van der Waals surface area contributed by atoms with Gasteiger partial charge in [0.05, 0.1) is 27.8 Å². The predicted molar refractivity (Wildman–Crippen MR) is 89.6 cm³/mol. The molecule has 0 aliphatic carbocycles. The Morgan fingerprint density at radius 1 is 0.957 bits per heavy atom. The Morgan fingerprint density at radius 3 is 2.00 bits per heavy atom. The summed E-state index contributed by atoms with van der Waals surface area (Å²) in [5.74, 6) is 1.42. The molecule has 5 nitrogen and oxygen atoms in total. The van der Waals surface area contributed by atoms with Gasteiger partial charge in [-0.1, -0.05) is 29.8 Å². The maximum atomic E-state index is 12.3. The summed E-state index contributed by atoms with van der Waals surface area (Å²) in [6.07, 6.45) is 0.276. The molecule has 5 heteroatoms. The number of aryl methyl sites for hydroxylation is 1. The Balaban J connectivity index is 2.20. The van der Waals surface area contributed by atoms with Crippen LogP contribution in [0.3, 0.4) is 0 Å². The molecule has 0 atom stereocenters. The minimum absolute atomic E-state index is 0.143. The number of benzene rings is 2. The molecule has 0 radical (unpaired) electrons. The molecule has 0 bridgehead atoms. The van der Waals surface area contributed by atoms with Gasteiger partial charge in [-0.3, -0.25) is 4.79 Å². The van der Waals surface area contributed by atoms with Crippen molar-refractivity contribution in [3.63, 3.8) is 0 Å². The Bertz CT molecular complexity index is 655. The molecule has 0 fully saturated rings. The van der Waals surface area contributed by atoms with E-state index >= 15 is 0 Å². The average Bonchev–Trinajstić information content (AvgIpc) is 2.56. The van der Waals surface area contributed by atoms with E-state index in [1.165, 1.54) is 14.2 Å². The highest BCUT2D eigenvalue weighted by molar-refractivity contribution is 5.95. The predicted octanol–water partition coefficient (Wildman–Crippen LogP) is 3.20. The molecule has 2 aromatic carbocycles. The van der Waals surface area contributed by atoms with Crippen LogP contribution in [0.5, 0.6) is 17.2 Å². The topological polar surface area (TPSA) is 56.8 Å². The van der Waals surface area contributed by atoms with Crippen molar-refractivity contribution in [2.45, 2.75) is 13.3 Å². The first-order chi connectivity index (χ1) is 11.1. The summed E-state index contributed by atoms with van der Waals surface area (Å²) in [5.41, 5.74) is 2.60. The van der Waals surface area contributed by atoms with Gasteiger partial charge in [0.15, 0.2) is 0 Å². The van der Waals surface area contributed by atoms with Crippen LogP contribution in [0.2, 0.25) is 0 Å². The first-order valence-corrected chi connectivity index (χ1v) is 7.22. The van der Waals surface area contributed by atoms with Crippen LogP contribution in [0.1, 0.15) is 11.1 Å². The SMILES string of the molecule is COc1cc(OC)c(NC(=O)Cc2ccc(C)cc2)c(OC)c1. The van der Waals surface area contributed by atoms with Gasteiger partial charge in [0.2, 0.25) is 5.91 Å². The van der Waals surface area contributed by atoms with Crippen LogP contribution >= 0.6 is 0 Å². The number of hydrogen-bond acceptors (Lipinski definition) is 4. The van der Waals surface area contributed by atoms with Gasteiger partial charge in [0.25, 0.3) is 0 Å². The van der Waals surface area contributed by atoms with Crippen LogP contribution in [0.4, 0.5) is 5.69 Å². The third kappa shape index (κ3) is 4.16.